The van der Waals surface area contributed by atoms with Crippen LogP contribution in [0, 0.1) is 22.7 Å². The summed E-state index contributed by atoms with van der Waals surface area (Å²) in [5, 5.41) is 23.7. The molecule has 0 atom stereocenters. The fourth-order valence-electron chi connectivity index (χ4n) is 1.75. The molecule has 0 aliphatic heterocycles. The van der Waals surface area contributed by atoms with E-state index in [9.17, 15) is 4.79 Å². The van der Waals surface area contributed by atoms with Gasteiger partial charge in [-0.1, -0.05) is 18.2 Å². The summed E-state index contributed by atoms with van der Waals surface area (Å²) in [7, 11) is 0. The molecule has 7 heteroatoms. The van der Waals surface area contributed by atoms with Crippen LogP contribution in [0.4, 0.5) is 5.69 Å². The second-order valence-electron chi connectivity index (χ2n) is 4.39. The number of pyridine rings is 1. The molecule has 2 aromatic rings. The van der Waals surface area contributed by atoms with Crippen LogP contribution in [0.1, 0.15) is 15.9 Å². The fourth-order valence-corrected chi connectivity index (χ4v) is 1.75. The van der Waals surface area contributed by atoms with Gasteiger partial charge in [0.15, 0.2) is 0 Å². The highest BCUT2D eigenvalue weighted by molar-refractivity contribution is 6.10. The van der Waals surface area contributed by atoms with Crippen LogP contribution in [-0.4, -0.2) is 16.6 Å². The molecule has 1 heterocycles. The van der Waals surface area contributed by atoms with E-state index in [2.05, 4.69) is 20.8 Å². The average molecular weight is 304 g/mol. The van der Waals surface area contributed by atoms with Gasteiger partial charge in [-0.05, 0) is 23.8 Å². The number of carbonyl (C=O) groups is 1. The summed E-state index contributed by atoms with van der Waals surface area (Å²) in [4.78, 5) is 16.3. The number of nitrogens with zero attached hydrogens (tertiary/aromatic N) is 4. The topological polar surface area (TPSA) is 114 Å². The molecule has 0 aliphatic rings. The normalized spacial score (nSPS) is 9.13. The number of rotatable bonds is 5. The first kappa shape index (κ1) is 15.7. The zero-order valence-electron chi connectivity index (χ0n) is 12.0. The van der Waals surface area contributed by atoms with Crippen LogP contribution in [0.25, 0.3) is 0 Å². The van der Waals surface area contributed by atoms with Crippen LogP contribution in [0.5, 0.6) is 0 Å². The van der Waals surface area contributed by atoms with Gasteiger partial charge in [-0.2, -0.15) is 15.6 Å². The zero-order chi connectivity index (χ0) is 16.5. The summed E-state index contributed by atoms with van der Waals surface area (Å²) in [5.74, 6) is -0.303. The fraction of sp³-hybridized carbons (Fsp3) is 0.0625. The Morgan fingerprint density at radius 3 is 2.65 bits per heavy atom. The number of nitrogens with one attached hydrogen (secondary N) is 2. The number of hydrogen-bond acceptors (Lipinski definition) is 6. The van der Waals surface area contributed by atoms with E-state index in [0.717, 1.165) is 5.56 Å². The van der Waals surface area contributed by atoms with Gasteiger partial charge in [-0.15, -0.1) is 0 Å². The van der Waals surface area contributed by atoms with Crippen molar-refractivity contribution in [3.8, 4) is 12.1 Å². The molecule has 0 saturated heterocycles. The van der Waals surface area contributed by atoms with E-state index in [-0.39, 0.29) is 11.6 Å². The molecule has 0 bridgehead atoms. The number of hydrazone groups is 1. The zero-order valence-corrected chi connectivity index (χ0v) is 12.0. The summed E-state index contributed by atoms with van der Waals surface area (Å²) in [5.41, 5.74) is 3.87. The lowest BCUT2D eigenvalue weighted by molar-refractivity contribution is 0.0951. The standard InChI is InChI=1S/C16H12N6O/c17-8-13(9-18)21-22-15-6-2-1-5-14(15)16(23)20-11-12-4-3-7-19-10-12/h1-7,10,22H,11H2,(H,20,23). The second kappa shape index (κ2) is 7.91. The molecule has 0 fully saturated rings. The first-order valence-corrected chi connectivity index (χ1v) is 6.64. The number of benzene rings is 1. The predicted octanol–water partition coefficient (Wildman–Crippen LogP) is 1.83. The van der Waals surface area contributed by atoms with E-state index in [1.54, 1.807) is 54.9 Å². The van der Waals surface area contributed by atoms with E-state index < -0.39 is 0 Å². The average Bonchev–Trinajstić information content (AvgIpc) is 2.62. The third-order valence-corrected chi connectivity index (χ3v) is 2.85. The third kappa shape index (κ3) is 4.38. The predicted molar refractivity (Wildman–Crippen MR) is 84.1 cm³/mol. The van der Waals surface area contributed by atoms with Gasteiger partial charge >= 0.3 is 0 Å². The Balaban J connectivity index is 2.10. The summed E-state index contributed by atoms with van der Waals surface area (Å²) in [6.07, 6.45) is 3.32. The van der Waals surface area contributed by atoms with Gasteiger partial charge in [0, 0.05) is 18.9 Å². The summed E-state index contributed by atoms with van der Waals surface area (Å²) in [6.45, 7) is 0.339. The minimum atomic E-state index is -0.324. The van der Waals surface area contributed by atoms with Crippen molar-refractivity contribution in [3.05, 3.63) is 59.9 Å². The lowest BCUT2D eigenvalue weighted by Crippen LogP contribution is -2.23. The van der Waals surface area contributed by atoms with Crippen LogP contribution in [0.15, 0.2) is 53.9 Å². The molecular weight excluding hydrogens is 292 g/mol. The molecule has 0 radical (unpaired) electrons. The van der Waals surface area contributed by atoms with Crippen molar-refractivity contribution >= 4 is 17.3 Å². The van der Waals surface area contributed by atoms with Crippen LogP contribution in [-0.2, 0) is 6.54 Å². The Morgan fingerprint density at radius 2 is 1.96 bits per heavy atom. The van der Waals surface area contributed by atoms with Gasteiger partial charge in [0.1, 0.15) is 12.1 Å². The molecule has 0 aliphatic carbocycles. The Labute approximate surface area is 132 Å². The Morgan fingerprint density at radius 1 is 1.17 bits per heavy atom. The maximum absolute atomic E-state index is 12.3. The number of aromatic nitrogens is 1. The van der Waals surface area contributed by atoms with E-state index in [4.69, 9.17) is 10.5 Å². The van der Waals surface area contributed by atoms with Crippen LogP contribution >= 0.6 is 0 Å². The summed E-state index contributed by atoms with van der Waals surface area (Å²) < 4.78 is 0. The number of nitriles is 2. The Hall–Kier alpha value is -3.71. The number of anilines is 1. The van der Waals surface area contributed by atoms with Crippen LogP contribution < -0.4 is 10.7 Å². The van der Waals surface area contributed by atoms with E-state index in [0.29, 0.717) is 17.8 Å². The minimum absolute atomic E-state index is 0.303. The van der Waals surface area contributed by atoms with Gasteiger partial charge in [0.25, 0.3) is 5.91 Å². The molecule has 112 valence electrons. The largest absolute Gasteiger partial charge is 0.348 e. The minimum Gasteiger partial charge on any atom is -0.348 e. The highest BCUT2D eigenvalue weighted by Gasteiger charge is 2.10. The number of amides is 1. The van der Waals surface area contributed by atoms with Crippen molar-refractivity contribution in [2.45, 2.75) is 6.54 Å². The molecular formula is C16H12N6O. The third-order valence-electron chi connectivity index (χ3n) is 2.85. The van der Waals surface area contributed by atoms with Crippen molar-refractivity contribution in [1.29, 1.82) is 10.5 Å². The smallest absolute Gasteiger partial charge is 0.253 e. The van der Waals surface area contributed by atoms with E-state index in [1.807, 2.05) is 6.07 Å². The highest BCUT2D eigenvalue weighted by atomic mass is 16.1. The van der Waals surface area contributed by atoms with Gasteiger partial charge in [-0.3, -0.25) is 15.2 Å². The molecule has 1 aromatic heterocycles. The molecule has 0 saturated carbocycles. The van der Waals surface area contributed by atoms with Crippen molar-refractivity contribution in [2.75, 3.05) is 5.43 Å². The molecule has 1 aromatic carbocycles. The van der Waals surface area contributed by atoms with E-state index in [1.165, 1.54) is 0 Å². The van der Waals surface area contributed by atoms with Crippen molar-refractivity contribution in [1.82, 2.24) is 10.3 Å². The lowest BCUT2D eigenvalue weighted by atomic mass is 10.1. The Kier molecular flexibility index (Phi) is 5.39. The van der Waals surface area contributed by atoms with Crippen molar-refractivity contribution in [3.63, 3.8) is 0 Å². The van der Waals surface area contributed by atoms with E-state index >= 15 is 0 Å². The van der Waals surface area contributed by atoms with Crippen molar-refractivity contribution < 1.29 is 4.79 Å². The molecule has 0 spiro atoms. The first-order valence-electron chi connectivity index (χ1n) is 6.64. The van der Waals surface area contributed by atoms with Crippen LogP contribution in [0.2, 0.25) is 0 Å². The maximum atomic E-state index is 12.3. The molecule has 2 rings (SSSR count). The van der Waals surface area contributed by atoms with Gasteiger partial charge in [-0.25, -0.2) is 0 Å². The quantitative estimate of drug-likeness (QED) is 0.646. The lowest BCUT2D eigenvalue weighted by Gasteiger charge is -2.09. The summed E-state index contributed by atoms with van der Waals surface area (Å²) >= 11 is 0. The number of carbonyl (C=O) groups excluding carboxylic acids is 1. The molecule has 7 nitrogen and oxygen atoms in total. The molecule has 2 N–H and O–H groups in total. The SMILES string of the molecule is N#CC(C#N)=NNc1ccccc1C(=O)NCc1cccnc1. The highest BCUT2D eigenvalue weighted by Crippen LogP contribution is 2.15. The van der Waals surface area contributed by atoms with Crippen molar-refractivity contribution in [2.24, 2.45) is 5.10 Å². The van der Waals surface area contributed by atoms with Gasteiger partial charge in [0.05, 0.1) is 11.3 Å². The molecule has 23 heavy (non-hydrogen) atoms. The Bertz CT molecular complexity index is 785. The first-order chi connectivity index (χ1) is 11.2. The maximum Gasteiger partial charge on any atom is 0.253 e. The molecule has 1 amide bonds. The second-order valence-corrected chi connectivity index (χ2v) is 4.39. The number of para-hydroxylation sites is 1. The van der Waals surface area contributed by atoms with Gasteiger partial charge < -0.3 is 5.32 Å². The summed E-state index contributed by atoms with van der Waals surface area (Å²) in [6, 6.07) is 13.6. The number of hydrogen-bond donors (Lipinski definition) is 2. The van der Waals surface area contributed by atoms with Gasteiger partial charge in [0.2, 0.25) is 5.71 Å². The van der Waals surface area contributed by atoms with Crippen LogP contribution in [0.3, 0.4) is 0 Å². The monoisotopic (exact) mass is 304 g/mol. The molecule has 0 unspecified atom stereocenters.